The van der Waals surface area contributed by atoms with E-state index in [0.29, 0.717) is 0 Å². The summed E-state index contributed by atoms with van der Waals surface area (Å²) in [6.07, 6.45) is -1.06. The topological polar surface area (TPSA) is 92.7 Å². The van der Waals surface area contributed by atoms with Crippen LogP contribution in [0.5, 0.6) is 0 Å². The average molecular weight is 429 g/mol. The first-order chi connectivity index (χ1) is 15.5. The maximum Gasteiger partial charge on any atom is 0.407 e. The Hall–Kier alpha value is -3.93. The van der Waals surface area contributed by atoms with Crippen LogP contribution >= 0.6 is 0 Å². The monoisotopic (exact) mass is 429 g/mol. The second-order valence-electron chi connectivity index (χ2n) is 7.77. The summed E-state index contributed by atoms with van der Waals surface area (Å²) in [6, 6.07) is 23.6. The number of Topliss-reactive ketones (excluding diaryl/α,β-unsaturated/α-hetero) is 1. The van der Waals surface area contributed by atoms with Gasteiger partial charge in [-0.05, 0) is 27.8 Å². The molecule has 2 N–H and O–H groups in total. The number of ketones is 1. The zero-order chi connectivity index (χ0) is 22.5. The van der Waals surface area contributed by atoms with Crippen molar-refractivity contribution < 1.29 is 24.2 Å². The number of aliphatic carboxylic acids is 1. The van der Waals surface area contributed by atoms with Crippen molar-refractivity contribution in [2.24, 2.45) is 0 Å². The fourth-order valence-corrected chi connectivity index (χ4v) is 4.11. The highest BCUT2D eigenvalue weighted by atomic mass is 16.5. The summed E-state index contributed by atoms with van der Waals surface area (Å²) in [6.45, 7) is 0.0736. The maximum atomic E-state index is 12.4. The number of carboxylic acids is 1. The molecule has 0 fully saturated rings. The van der Waals surface area contributed by atoms with Crippen LogP contribution in [0.15, 0.2) is 78.9 Å². The predicted octanol–water partition coefficient (Wildman–Crippen LogP) is 4.18. The van der Waals surface area contributed by atoms with E-state index in [1.807, 2.05) is 66.7 Å². The summed E-state index contributed by atoms with van der Waals surface area (Å²) in [7, 11) is 0. The lowest BCUT2D eigenvalue weighted by Crippen LogP contribution is -2.43. The number of carboxylic acid groups (broad SMARTS) is 1. The standard InChI is InChI=1S/C26H23NO5/c28-18(14-17-8-2-1-3-9-17)15-24(25(29)30)27-26(31)32-16-23-21-12-6-4-10-19(21)20-11-5-7-13-22(20)23/h1-13,23-24H,14-16H2,(H,27,31)(H,29,30). The quantitative estimate of drug-likeness (QED) is 0.560. The van der Waals surface area contributed by atoms with Crippen LogP contribution < -0.4 is 5.32 Å². The zero-order valence-electron chi connectivity index (χ0n) is 17.4. The van der Waals surface area contributed by atoms with E-state index in [4.69, 9.17) is 4.74 Å². The third kappa shape index (κ3) is 4.70. The Balaban J connectivity index is 1.37. The summed E-state index contributed by atoms with van der Waals surface area (Å²) >= 11 is 0. The van der Waals surface area contributed by atoms with E-state index in [1.54, 1.807) is 12.1 Å². The van der Waals surface area contributed by atoms with Crippen molar-refractivity contribution in [3.63, 3.8) is 0 Å². The minimum atomic E-state index is -1.35. The van der Waals surface area contributed by atoms with Gasteiger partial charge in [-0.15, -0.1) is 0 Å². The van der Waals surface area contributed by atoms with Gasteiger partial charge in [-0.3, -0.25) is 4.79 Å². The van der Waals surface area contributed by atoms with Crippen LogP contribution in [0, 0.1) is 0 Å². The molecule has 0 heterocycles. The molecule has 4 rings (SSSR count). The summed E-state index contributed by atoms with van der Waals surface area (Å²) < 4.78 is 5.40. The van der Waals surface area contributed by atoms with Crippen molar-refractivity contribution in [2.45, 2.75) is 24.8 Å². The van der Waals surface area contributed by atoms with Gasteiger partial charge in [0, 0.05) is 18.8 Å². The van der Waals surface area contributed by atoms with Crippen LogP contribution in [0.1, 0.15) is 29.0 Å². The molecular weight excluding hydrogens is 406 g/mol. The van der Waals surface area contributed by atoms with Gasteiger partial charge in [0.2, 0.25) is 0 Å². The van der Waals surface area contributed by atoms with Crippen LogP contribution in [-0.4, -0.2) is 35.6 Å². The van der Waals surface area contributed by atoms with Gasteiger partial charge in [-0.25, -0.2) is 9.59 Å². The van der Waals surface area contributed by atoms with Crippen molar-refractivity contribution in [3.8, 4) is 11.1 Å². The molecule has 3 aromatic carbocycles. The zero-order valence-corrected chi connectivity index (χ0v) is 17.4. The maximum absolute atomic E-state index is 12.4. The van der Waals surface area contributed by atoms with Gasteiger partial charge in [-0.1, -0.05) is 78.9 Å². The largest absolute Gasteiger partial charge is 0.480 e. The van der Waals surface area contributed by atoms with Gasteiger partial charge >= 0.3 is 12.1 Å². The number of ether oxygens (including phenoxy) is 1. The number of hydrogen-bond donors (Lipinski definition) is 2. The summed E-state index contributed by atoms with van der Waals surface area (Å²) in [5.74, 6) is -1.68. The molecule has 0 bridgehead atoms. The van der Waals surface area contributed by atoms with Crippen molar-refractivity contribution in [1.29, 1.82) is 0 Å². The van der Waals surface area contributed by atoms with Crippen LogP contribution in [-0.2, 0) is 20.7 Å². The summed E-state index contributed by atoms with van der Waals surface area (Å²) in [4.78, 5) is 36.3. The molecule has 1 aliphatic rings. The molecule has 0 aromatic heterocycles. The molecule has 1 amide bonds. The molecule has 1 atom stereocenters. The number of amides is 1. The second kappa shape index (κ2) is 9.47. The molecule has 1 aliphatic carbocycles. The van der Waals surface area contributed by atoms with Gasteiger partial charge in [0.1, 0.15) is 18.4 Å². The lowest BCUT2D eigenvalue weighted by atomic mass is 9.98. The highest BCUT2D eigenvalue weighted by Crippen LogP contribution is 2.44. The van der Waals surface area contributed by atoms with Crippen molar-refractivity contribution in [2.75, 3.05) is 6.61 Å². The molecular formula is C26H23NO5. The Labute approximate surface area is 185 Å². The minimum Gasteiger partial charge on any atom is -0.480 e. The molecule has 0 spiro atoms. The highest BCUT2D eigenvalue weighted by molar-refractivity contribution is 5.89. The van der Waals surface area contributed by atoms with Gasteiger partial charge in [0.05, 0.1) is 0 Å². The summed E-state index contributed by atoms with van der Waals surface area (Å²) in [5, 5.41) is 11.8. The third-order valence-corrected chi connectivity index (χ3v) is 5.61. The first kappa shape index (κ1) is 21.3. The number of carbonyl (C=O) groups is 3. The van der Waals surface area contributed by atoms with Gasteiger partial charge < -0.3 is 15.2 Å². The molecule has 1 unspecified atom stereocenters. The molecule has 3 aromatic rings. The highest BCUT2D eigenvalue weighted by Gasteiger charge is 2.30. The van der Waals surface area contributed by atoms with Crippen molar-refractivity contribution in [1.82, 2.24) is 5.32 Å². The number of alkyl carbamates (subject to hydrolysis) is 1. The third-order valence-electron chi connectivity index (χ3n) is 5.61. The summed E-state index contributed by atoms with van der Waals surface area (Å²) in [5.41, 5.74) is 5.13. The Bertz CT molecular complexity index is 1100. The number of carbonyl (C=O) groups excluding carboxylic acids is 2. The molecule has 6 nitrogen and oxygen atoms in total. The molecule has 6 heteroatoms. The fourth-order valence-electron chi connectivity index (χ4n) is 4.11. The number of rotatable bonds is 8. The number of nitrogens with one attached hydrogen (secondary N) is 1. The lowest BCUT2D eigenvalue weighted by Gasteiger charge is -2.17. The Morgan fingerprint density at radius 1 is 0.844 bits per heavy atom. The first-order valence-electron chi connectivity index (χ1n) is 10.4. The Morgan fingerprint density at radius 2 is 1.41 bits per heavy atom. The lowest BCUT2D eigenvalue weighted by molar-refractivity contribution is -0.141. The van der Waals surface area contributed by atoms with Gasteiger partial charge in [0.25, 0.3) is 0 Å². The molecule has 0 saturated carbocycles. The number of hydrogen-bond acceptors (Lipinski definition) is 4. The fraction of sp³-hybridized carbons (Fsp3) is 0.192. The van der Waals surface area contributed by atoms with Crippen LogP contribution in [0.25, 0.3) is 11.1 Å². The second-order valence-corrected chi connectivity index (χ2v) is 7.77. The van der Waals surface area contributed by atoms with E-state index < -0.39 is 18.1 Å². The predicted molar refractivity (Wildman–Crippen MR) is 119 cm³/mol. The van der Waals surface area contributed by atoms with Crippen LogP contribution in [0.3, 0.4) is 0 Å². The SMILES string of the molecule is O=C(Cc1ccccc1)CC(NC(=O)OCC1c2ccccc2-c2ccccc21)C(=O)O. The van der Waals surface area contributed by atoms with Crippen molar-refractivity contribution in [3.05, 3.63) is 95.6 Å². The molecule has 0 saturated heterocycles. The van der Waals surface area contributed by atoms with Crippen LogP contribution in [0.2, 0.25) is 0 Å². The molecule has 32 heavy (non-hydrogen) atoms. The Kier molecular flexibility index (Phi) is 6.31. The van der Waals surface area contributed by atoms with Crippen LogP contribution in [0.4, 0.5) is 4.79 Å². The first-order valence-corrected chi connectivity index (χ1v) is 10.4. The van der Waals surface area contributed by atoms with Gasteiger partial charge in [-0.2, -0.15) is 0 Å². The van der Waals surface area contributed by atoms with E-state index in [2.05, 4.69) is 5.32 Å². The molecule has 0 radical (unpaired) electrons. The van der Waals surface area contributed by atoms with E-state index in [1.165, 1.54) is 0 Å². The average Bonchev–Trinajstić information content (AvgIpc) is 3.11. The molecule has 0 aliphatic heterocycles. The molecule has 162 valence electrons. The smallest absolute Gasteiger partial charge is 0.407 e. The van der Waals surface area contributed by atoms with Crippen molar-refractivity contribution >= 4 is 17.8 Å². The number of benzene rings is 3. The normalized spacial score (nSPS) is 13.0. The van der Waals surface area contributed by atoms with E-state index in [0.717, 1.165) is 27.8 Å². The van der Waals surface area contributed by atoms with E-state index in [-0.39, 0.29) is 31.1 Å². The van der Waals surface area contributed by atoms with Gasteiger partial charge in [0.15, 0.2) is 0 Å². The Morgan fingerprint density at radius 3 is 2.00 bits per heavy atom. The van der Waals surface area contributed by atoms with E-state index in [9.17, 15) is 19.5 Å². The minimum absolute atomic E-state index is 0.0736. The van der Waals surface area contributed by atoms with E-state index >= 15 is 0 Å². The number of fused-ring (bicyclic) bond motifs is 3.